The fourth-order valence-corrected chi connectivity index (χ4v) is 14.7. The molecule has 24 nitrogen and oxygen atoms in total. The lowest BCUT2D eigenvalue weighted by atomic mass is 9.96. The third kappa shape index (κ3) is 23.9. The number of nitrogens with one attached hydrogen (secondary N) is 4. The van der Waals surface area contributed by atoms with Crippen molar-refractivity contribution >= 4 is 144 Å². The normalized spacial score (nSPS) is 13.1. The van der Waals surface area contributed by atoms with Crippen LogP contribution in [0.1, 0.15) is 138 Å². The predicted molar refractivity (Wildman–Crippen MR) is 501 cm³/mol. The number of hydrogen-bond acceptors (Lipinski definition) is 20. The molecular weight excluding hydrogens is 1720 g/mol. The molecule has 636 valence electrons. The molecule has 0 aliphatic carbocycles. The molecule has 16 rings (SSSR count). The maximum atomic E-state index is 13.0. The number of nitrogens with zero attached hydrogens (tertiary/aromatic N) is 12. The summed E-state index contributed by atoms with van der Waals surface area (Å²) in [5.74, 6) is 3.95. The first-order valence-corrected chi connectivity index (χ1v) is 42.4. The number of carbonyl (C=O) groups is 8. The van der Waals surface area contributed by atoms with Crippen molar-refractivity contribution in [3.05, 3.63) is 375 Å². The number of anilines is 4. The molecule has 0 fully saturated rings. The predicted octanol–water partition coefficient (Wildman–Crippen LogP) is 17.1. The van der Waals surface area contributed by atoms with Gasteiger partial charge in [0.2, 0.25) is 0 Å². The SMILES string of the molecule is CN1CCN=C1c1ccc(C(=O)Cc2ccccc2C(=O)Nc2ccc(Br)cn2)cc1.CN1CCN=C1c1ccc(C(=O)Cc2ccccc2C(=O)Nc2ccc(Cl)cn2)cc1.Cc1ccc(CC(=O)c2ccc(C3=NCCN3C)cc2)c(C(=O)Nc2ccc(Cl)cn2)c1.Cc1ccc(CC(=O)c2ccc(C3=NCCN3C)cc2)c(C(=O)Nc2ccc(Cl)cn2)c1. The van der Waals surface area contributed by atoms with Gasteiger partial charge in [0.05, 0.1) is 41.2 Å². The summed E-state index contributed by atoms with van der Waals surface area (Å²) in [5.41, 5.74) is 12.7. The number of rotatable bonds is 24. The highest BCUT2D eigenvalue weighted by Gasteiger charge is 2.25. The smallest absolute Gasteiger partial charge is 0.257 e. The fraction of sp³-hybridized carbons (Fsp3) is 0.184. The first-order valence-electron chi connectivity index (χ1n) is 40.5. The molecule has 8 aromatic carbocycles. The van der Waals surface area contributed by atoms with Crippen molar-refractivity contribution in [1.29, 1.82) is 0 Å². The third-order valence-electron chi connectivity index (χ3n) is 20.9. The number of ketones is 4. The summed E-state index contributed by atoms with van der Waals surface area (Å²) in [6, 6.07) is 68.5. The number of amidine groups is 4. The zero-order valence-electron chi connectivity index (χ0n) is 69.9. The first-order chi connectivity index (χ1) is 60.8. The van der Waals surface area contributed by atoms with E-state index >= 15 is 0 Å². The minimum absolute atomic E-state index is 0.0460. The van der Waals surface area contributed by atoms with Crippen LogP contribution in [0.3, 0.4) is 0 Å². The van der Waals surface area contributed by atoms with Crippen molar-refractivity contribution in [2.75, 3.05) is 102 Å². The zero-order chi connectivity index (χ0) is 88.9. The van der Waals surface area contributed by atoms with Gasteiger partial charge in [-0.3, -0.25) is 58.3 Å². The van der Waals surface area contributed by atoms with Gasteiger partial charge in [-0.15, -0.1) is 0 Å². The lowest BCUT2D eigenvalue weighted by Gasteiger charge is -2.14. The Balaban J connectivity index is 0.000000144. The second kappa shape index (κ2) is 42.5. The molecule has 0 unspecified atom stereocenters. The van der Waals surface area contributed by atoms with Crippen LogP contribution in [0.4, 0.5) is 23.3 Å². The van der Waals surface area contributed by atoms with E-state index in [4.69, 9.17) is 34.8 Å². The number of benzene rings is 8. The molecule has 0 radical (unpaired) electrons. The molecule has 4 aromatic heterocycles. The van der Waals surface area contributed by atoms with Gasteiger partial charge in [-0.05, 0) is 125 Å². The van der Waals surface area contributed by atoms with Crippen molar-refractivity contribution in [2.45, 2.75) is 39.5 Å². The quantitative estimate of drug-likeness (QED) is 0.0409. The third-order valence-corrected chi connectivity index (χ3v) is 22.1. The van der Waals surface area contributed by atoms with E-state index in [1.165, 1.54) is 18.6 Å². The largest absolute Gasteiger partial charge is 0.358 e. The second-order valence-electron chi connectivity index (χ2n) is 30.1. The first kappa shape index (κ1) is 89.9. The Labute approximate surface area is 753 Å². The van der Waals surface area contributed by atoms with Gasteiger partial charge < -0.3 is 40.9 Å². The van der Waals surface area contributed by atoms with Crippen LogP contribution in [0.5, 0.6) is 0 Å². The standard InChI is InChI=1S/2C25H23ClN4O2.C24H21BrN4O2.C24H21ClN4O2/c2*1-16-3-4-19(21(13-16)25(32)29-23-10-9-20(26)15-28-23)14-22(31)17-5-7-18(8-6-17)24-27-11-12-30(24)2;2*1-29-13-12-26-23(29)17-8-6-16(7-9-17)21(30)14-18-4-2-3-5-20(18)24(31)28-22-11-10-19(25)15-27-22/h2*3-10,13,15H,11-12,14H2,1-2H3,(H,28,29,32);2*2-11,15H,12-14H2,1H3,(H,27,28,31). The van der Waals surface area contributed by atoms with E-state index in [0.29, 0.717) is 105 Å². The van der Waals surface area contributed by atoms with Gasteiger partial charge in [0.25, 0.3) is 23.6 Å². The van der Waals surface area contributed by atoms with Crippen LogP contribution in [-0.4, -0.2) is 190 Å². The zero-order valence-corrected chi connectivity index (χ0v) is 73.7. The van der Waals surface area contributed by atoms with Gasteiger partial charge >= 0.3 is 0 Å². The second-order valence-corrected chi connectivity index (χ2v) is 32.3. The van der Waals surface area contributed by atoms with Crippen LogP contribution >= 0.6 is 50.7 Å². The molecule has 0 bridgehead atoms. The molecule has 0 atom stereocenters. The Morgan fingerprint density at radius 1 is 0.310 bits per heavy atom. The van der Waals surface area contributed by atoms with Crippen molar-refractivity contribution in [3.8, 4) is 0 Å². The van der Waals surface area contributed by atoms with Gasteiger partial charge in [0, 0.05) is 176 Å². The van der Waals surface area contributed by atoms with E-state index in [1.54, 1.807) is 103 Å². The fourth-order valence-electron chi connectivity index (χ4n) is 14.1. The molecule has 12 aromatic rings. The van der Waals surface area contributed by atoms with Crippen molar-refractivity contribution < 1.29 is 38.4 Å². The number of carbonyl (C=O) groups excluding carboxylic acids is 8. The molecule has 28 heteroatoms. The Morgan fingerprint density at radius 2 is 0.563 bits per heavy atom. The van der Waals surface area contributed by atoms with Crippen LogP contribution in [-0.2, 0) is 25.7 Å². The van der Waals surface area contributed by atoms with E-state index < -0.39 is 0 Å². The Kier molecular flexibility index (Phi) is 30.3. The van der Waals surface area contributed by atoms with Crippen LogP contribution in [0.15, 0.2) is 280 Å². The van der Waals surface area contributed by atoms with Crippen LogP contribution in [0, 0.1) is 13.8 Å². The van der Waals surface area contributed by atoms with E-state index in [2.05, 4.69) is 96.7 Å². The van der Waals surface area contributed by atoms with Gasteiger partial charge in [0.15, 0.2) is 23.1 Å². The molecule has 4 aliphatic heterocycles. The number of amides is 4. The van der Waals surface area contributed by atoms with E-state index in [1.807, 2.05) is 175 Å². The lowest BCUT2D eigenvalue weighted by molar-refractivity contribution is 0.0980. The molecule has 0 saturated heterocycles. The molecule has 126 heavy (non-hydrogen) atoms. The minimum atomic E-state index is -0.323. The highest BCUT2D eigenvalue weighted by molar-refractivity contribution is 9.10. The molecule has 4 amide bonds. The van der Waals surface area contributed by atoms with Crippen molar-refractivity contribution in [2.24, 2.45) is 20.0 Å². The number of aliphatic imine (C=N–C) groups is 4. The Hall–Kier alpha value is -13.9. The summed E-state index contributed by atoms with van der Waals surface area (Å²) in [6.45, 7) is 10.6. The summed E-state index contributed by atoms with van der Waals surface area (Å²) >= 11 is 20.9. The summed E-state index contributed by atoms with van der Waals surface area (Å²) < 4.78 is 0.828. The van der Waals surface area contributed by atoms with E-state index in [-0.39, 0.29) is 72.4 Å². The van der Waals surface area contributed by atoms with E-state index in [9.17, 15) is 38.4 Å². The van der Waals surface area contributed by atoms with E-state index in [0.717, 1.165) is 114 Å². The van der Waals surface area contributed by atoms with Gasteiger partial charge in [0.1, 0.15) is 46.6 Å². The van der Waals surface area contributed by atoms with Gasteiger partial charge in [-0.25, -0.2) is 19.9 Å². The van der Waals surface area contributed by atoms with Crippen LogP contribution in [0.2, 0.25) is 15.1 Å². The van der Waals surface area contributed by atoms with Crippen molar-refractivity contribution in [1.82, 2.24) is 39.5 Å². The number of halogens is 4. The summed E-state index contributed by atoms with van der Waals surface area (Å²) in [5, 5.41) is 12.5. The molecule has 0 saturated carbocycles. The minimum Gasteiger partial charge on any atom is -0.358 e. The molecular formula is C98H88BrCl3N16O8. The summed E-state index contributed by atoms with van der Waals surface area (Å²) in [6.07, 6.45) is 6.52. The topological polar surface area (TPSA) is 299 Å². The van der Waals surface area contributed by atoms with Gasteiger partial charge in [-0.1, -0.05) is 204 Å². The number of likely N-dealkylation sites (N-methyl/N-ethyl adjacent to an activating group) is 4. The number of aromatic nitrogens is 4. The molecule has 8 heterocycles. The average molecular weight is 1800 g/mol. The molecule has 4 N–H and O–H groups in total. The van der Waals surface area contributed by atoms with Crippen LogP contribution in [0.25, 0.3) is 0 Å². The number of pyridine rings is 4. The molecule has 0 spiro atoms. The Morgan fingerprint density at radius 3 is 0.810 bits per heavy atom. The molecule has 4 aliphatic rings. The van der Waals surface area contributed by atoms with Crippen molar-refractivity contribution in [3.63, 3.8) is 0 Å². The maximum absolute atomic E-state index is 13.0. The number of hydrogen-bond donors (Lipinski definition) is 4. The summed E-state index contributed by atoms with van der Waals surface area (Å²) in [7, 11) is 8.03. The lowest BCUT2D eigenvalue weighted by Crippen LogP contribution is -2.23. The van der Waals surface area contributed by atoms with Gasteiger partial charge in [-0.2, -0.15) is 0 Å². The summed E-state index contributed by atoms with van der Waals surface area (Å²) in [4.78, 5) is 146. The maximum Gasteiger partial charge on any atom is 0.257 e. The van der Waals surface area contributed by atoms with Crippen LogP contribution < -0.4 is 21.3 Å². The highest BCUT2D eigenvalue weighted by atomic mass is 79.9. The number of Topliss-reactive ketones (excluding diaryl/α,β-unsaturated/α-hetero) is 4. The number of aryl methyl sites for hydroxylation is 2. The monoisotopic (exact) mass is 1800 g/mol. The Bertz CT molecular complexity index is 5790. The highest BCUT2D eigenvalue weighted by Crippen LogP contribution is 2.26. The average Bonchev–Trinajstić information content (AvgIpc) is 1.50.